The Morgan fingerprint density at radius 2 is 2.09 bits per heavy atom. The molecule has 1 saturated carbocycles. The molecule has 2 fully saturated rings. The predicted octanol–water partition coefficient (Wildman–Crippen LogP) is 0.978. The Hall–Kier alpha value is -1.53. The van der Waals surface area contributed by atoms with Gasteiger partial charge in [-0.15, -0.1) is 0 Å². The fourth-order valence-electron chi connectivity index (χ4n) is 2.97. The van der Waals surface area contributed by atoms with Gasteiger partial charge in [-0.2, -0.15) is 0 Å². The van der Waals surface area contributed by atoms with Gasteiger partial charge in [0, 0.05) is 50.9 Å². The van der Waals surface area contributed by atoms with E-state index >= 15 is 0 Å². The van der Waals surface area contributed by atoms with Crippen LogP contribution >= 0.6 is 0 Å². The van der Waals surface area contributed by atoms with Crippen molar-refractivity contribution >= 4 is 5.91 Å². The van der Waals surface area contributed by atoms with E-state index in [9.17, 15) is 9.18 Å². The third-order valence-electron chi connectivity index (χ3n) is 4.75. The summed E-state index contributed by atoms with van der Waals surface area (Å²) in [5.41, 5.74) is 0.264. The highest BCUT2D eigenvalue weighted by atomic mass is 19.1. The average Bonchev–Trinajstić information content (AvgIpc) is 3.28. The Labute approximate surface area is 130 Å². The van der Waals surface area contributed by atoms with Crippen LogP contribution in [0.4, 0.5) is 4.39 Å². The van der Waals surface area contributed by atoms with E-state index in [2.05, 4.69) is 27.1 Å². The van der Waals surface area contributed by atoms with Crippen molar-refractivity contribution < 1.29 is 9.18 Å². The van der Waals surface area contributed by atoms with Crippen LogP contribution in [0, 0.1) is 11.2 Å². The summed E-state index contributed by atoms with van der Waals surface area (Å²) in [5, 5.41) is 2.90. The molecule has 3 rings (SSSR count). The first kappa shape index (κ1) is 15.4. The van der Waals surface area contributed by atoms with Gasteiger partial charge in [0.2, 0.25) is 0 Å². The van der Waals surface area contributed by atoms with Gasteiger partial charge in [-0.3, -0.25) is 9.78 Å². The smallest absolute Gasteiger partial charge is 0.254 e. The molecule has 1 amide bonds. The van der Waals surface area contributed by atoms with Crippen molar-refractivity contribution in [2.45, 2.75) is 12.8 Å². The molecule has 2 heterocycles. The summed E-state index contributed by atoms with van der Waals surface area (Å²) < 4.78 is 13.5. The summed E-state index contributed by atoms with van der Waals surface area (Å²) in [6.07, 6.45) is 4.79. The van der Waals surface area contributed by atoms with Gasteiger partial charge in [0.1, 0.15) is 0 Å². The van der Waals surface area contributed by atoms with Crippen LogP contribution in [0.15, 0.2) is 18.5 Å². The normalized spacial score (nSPS) is 21.5. The number of nitrogens with one attached hydrogen (secondary N) is 1. The third kappa shape index (κ3) is 3.62. The molecule has 0 unspecified atom stereocenters. The number of likely N-dealkylation sites (N-methyl/N-ethyl adjacent to an activating group) is 1. The van der Waals surface area contributed by atoms with E-state index in [0.717, 1.165) is 51.8 Å². The van der Waals surface area contributed by atoms with E-state index in [4.69, 9.17) is 0 Å². The molecule has 1 aliphatic heterocycles. The van der Waals surface area contributed by atoms with Gasteiger partial charge < -0.3 is 15.1 Å². The van der Waals surface area contributed by atoms with Gasteiger partial charge in [-0.1, -0.05) is 0 Å². The Morgan fingerprint density at radius 3 is 2.73 bits per heavy atom. The molecule has 6 heteroatoms. The van der Waals surface area contributed by atoms with Gasteiger partial charge >= 0.3 is 0 Å². The number of hydrogen-bond donors (Lipinski definition) is 1. The summed E-state index contributed by atoms with van der Waals surface area (Å²) in [4.78, 5) is 20.6. The number of nitrogens with zero attached hydrogens (tertiary/aromatic N) is 3. The first-order valence-corrected chi connectivity index (χ1v) is 7.87. The minimum atomic E-state index is -0.566. The van der Waals surface area contributed by atoms with Crippen molar-refractivity contribution in [3.05, 3.63) is 29.8 Å². The molecule has 120 valence electrons. The van der Waals surface area contributed by atoms with Crippen molar-refractivity contribution in [1.82, 2.24) is 20.1 Å². The highest BCUT2D eigenvalue weighted by molar-refractivity contribution is 5.94. The highest BCUT2D eigenvalue weighted by Gasteiger charge is 2.44. The van der Waals surface area contributed by atoms with Crippen LogP contribution in [0.2, 0.25) is 0 Å². The second-order valence-electron chi connectivity index (χ2n) is 6.62. The summed E-state index contributed by atoms with van der Waals surface area (Å²) >= 11 is 0. The van der Waals surface area contributed by atoms with Crippen LogP contribution in [0.3, 0.4) is 0 Å². The Bertz CT molecular complexity index is 539. The fraction of sp³-hybridized carbons (Fsp3) is 0.625. The van der Waals surface area contributed by atoms with Crippen LogP contribution in [-0.2, 0) is 0 Å². The van der Waals surface area contributed by atoms with Crippen LogP contribution in [0.25, 0.3) is 0 Å². The minimum absolute atomic E-state index is 0.0744. The lowest BCUT2D eigenvalue weighted by atomic mass is 10.1. The van der Waals surface area contributed by atoms with Gasteiger partial charge in [-0.05, 0) is 26.0 Å². The fourth-order valence-corrected chi connectivity index (χ4v) is 2.97. The predicted molar refractivity (Wildman–Crippen MR) is 82.1 cm³/mol. The average molecular weight is 306 g/mol. The number of piperazine rings is 1. The van der Waals surface area contributed by atoms with E-state index in [1.807, 2.05) is 0 Å². The van der Waals surface area contributed by atoms with Crippen molar-refractivity contribution in [3.8, 4) is 0 Å². The molecule has 0 radical (unpaired) electrons. The molecule has 1 aliphatic carbocycles. The van der Waals surface area contributed by atoms with E-state index in [1.165, 1.54) is 12.3 Å². The zero-order valence-electron chi connectivity index (χ0n) is 13.0. The lowest BCUT2D eigenvalue weighted by Crippen LogP contribution is -2.48. The number of amides is 1. The molecule has 22 heavy (non-hydrogen) atoms. The number of aromatic nitrogens is 1. The Balaban J connectivity index is 1.50. The lowest BCUT2D eigenvalue weighted by Gasteiger charge is -2.34. The van der Waals surface area contributed by atoms with Gasteiger partial charge in [0.05, 0.1) is 11.8 Å². The summed E-state index contributed by atoms with van der Waals surface area (Å²) in [6.45, 7) is 6.03. The maximum atomic E-state index is 13.5. The van der Waals surface area contributed by atoms with E-state index in [-0.39, 0.29) is 16.9 Å². The standard InChI is InChI=1S/C16H23FN4O/c1-20-6-8-21(9-7-20)12-16(3-4-16)11-19-15(22)13-2-5-18-10-14(13)17/h2,5,10H,3-4,6-9,11-12H2,1H3,(H,19,22). The number of halogens is 1. The summed E-state index contributed by atoms with van der Waals surface area (Å²) in [5.74, 6) is -0.909. The number of carbonyl (C=O) groups excluding carboxylic acids is 1. The largest absolute Gasteiger partial charge is 0.351 e. The lowest BCUT2D eigenvalue weighted by molar-refractivity contribution is 0.0923. The Kier molecular flexibility index (Phi) is 4.40. The zero-order chi connectivity index (χ0) is 15.6. The quantitative estimate of drug-likeness (QED) is 0.881. The molecule has 0 aromatic carbocycles. The molecule has 5 nitrogen and oxygen atoms in total. The second-order valence-corrected chi connectivity index (χ2v) is 6.62. The molecule has 2 aliphatic rings. The van der Waals surface area contributed by atoms with Gasteiger partial charge in [-0.25, -0.2) is 4.39 Å². The maximum absolute atomic E-state index is 13.5. The van der Waals surface area contributed by atoms with Crippen molar-refractivity contribution in [3.63, 3.8) is 0 Å². The van der Waals surface area contributed by atoms with Crippen LogP contribution < -0.4 is 5.32 Å². The maximum Gasteiger partial charge on any atom is 0.254 e. The SMILES string of the molecule is CN1CCN(CC2(CNC(=O)c3ccncc3F)CC2)CC1. The van der Waals surface area contributed by atoms with Crippen LogP contribution in [-0.4, -0.2) is 67.0 Å². The molecular weight excluding hydrogens is 283 g/mol. The molecule has 1 aromatic heterocycles. The molecule has 1 aromatic rings. The zero-order valence-corrected chi connectivity index (χ0v) is 13.0. The van der Waals surface area contributed by atoms with Crippen molar-refractivity contribution in [1.29, 1.82) is 0 Å². The number of hydrogen-bond acceptors (Lipinski definition) is 4. The topological polar surface area (TPSA) is 48.5 Å². The monoisotopic (exact) mass is 306 g/mol. The van der Waals surface area contributed by atoms with Crippen molar-refractivity contribution in [2.24, 2.45) is 5.41 Å². The first-order valence-electron chi connectivity index (χ1n) is 7.87. The van der Waals surface area contributed by atoms with E-state index in [0.29, 0.717) is 6.54 Å². The second kappa shape index (κ2) is 6.30. The van der Waals surface area contributed by atoms with Gasteiger partial charge in [0.15, 0.2) is 5.82 Å². The molecule has 0 spiro atoms. The first-order chi connectivity index (χ1) is 10.6. The van der Waals surface area contributed by atoms with E-state index in [1.54, 1.807) is 0 Å². The summed E-state index contributed by atoms with van der Waals surface area (Å²) in [6, 6.07) is 1.42. The minimum Gasteiger partial charge on any atom is -0.351 e. The Morgan fingerprint density at radius 1 is 1.36 bits per heavy atom. The number of pyridine rings is 1. The van der Waals surface area contributed by atoms with Crippen molar-refractivity contribution in [2.75, 3.05) is 46.3 Å². The van der Waals surface area contributed by atoms with Crippen LogP contribution in [0.1, 0.15) is 23.2 Å². The molecule has 0 atom stereocenters. The third-order valence-corrected chi connectivity index (χ3v) is 4.75. The van der Waals surface area contributed by atoms with Crippen LogP contribution in [0.5, 0.6) is 0 Å². The molecule has 1 saturated heterocycles. The molecular formula is C16H23FN4O. The van der Waals surface area contributed by atoms with Gasteiger partial charge in [0.25, 0.3) is 5.91 Å². The summed E-state index contributed by atoms with van der Waals surface area (Å²) in [7, 11) is 2.15. The number of rotatable bonds is 5. The molecule has 0 bridgehead atoms. The number of carbonyl (C=O) groups is 1. The van der Waals surface area contributed by atoms with E-state index < -0.39 is 5.82 Å². The molecule has 1 N–H and O–H groups in total. The highest BCUT2D eigenvalue weighted by Crippen LogP contribution is 2.45.